The molecule has 0 aliphatic heterocycles. The van der Waals surface area contributed by atoms with Gasteiger partial charge in [-0.15, -0.1) is 21.5 Å². The number of amides is 1. The lowest BCUT2D eigenvalue weighted by Crippen LogP contribution is -2.34. The SMILES string of the molecule is CC(CCc1ccccc1)NC(=O)CSc1nnc2c3c4c(sc3nc(-c3ccccc3Cl)n12)CCCC4. The Morgan fingerprint density at radius 1 is 1.11 bits per heavy atom. The maximum atomic E-state index is 12.8. The molecule has 9 heteroatoms. The van der Waals surface area contributed by atoms with Gasteiger partial charge in [0.1, 0.15) is 4.83 Å². The Kier molecular flexibility index (Phi) is 7.37. The van der Waals surface area contributed by atoms with Crippen molar-refractivity contribution in [3.05, 3.63) is 75.6 Å². The normalized spacial score (nSPS) is 14.1. The van der Waals surface area contributed by atoms with Crippen molar-refractivity contribution in [2.24, 2.45) is 0 Å². The number of thiophene rings is 1. The smallest absolute Gasteiger partial charge is 0.230 e. The molecule has 0 saturated heterocycles. The van der Waals surface area contributed by atoms with E-state index in [4.69, 9.17) is 16.6 Å². The number of carbonyl (C=O) groups excluding carboxylic acids is 1. The van der Waals surface area contributed by atoms with E-state index in [1.54, 1.807) is 11.3 Å². The fourth-order valence-corrected chi connectivity index (χ4v) is 7.31. The van der Waals surface area contributed by atoms with Gasteiger partial charge in [-0.2, -0.15) is 0 Å². The van der Waals surface area contributed by atoms with Crippen molar-refractivity contribution in [2.75, 3.05) is 5.75 Å². The number of fused-ring (bicyclic) bond motifs is 5. The highest BCUT2D eigenvalue weighted by atomic mass is 35.5. The Bertz CT molecular complexity index is 1610. The van der Waals surface area contributed by atoms with Crippen LogP contribution in [0.4, 0.5) is 0 Å². The molecule has 1 N–H and O–H groups in total. The first kappa shape index (κ1) is 25.3. The lowest BCUT2D eigenvalue weighted by atomic mass is 9.97. The molecular formula is C29H28ClN5OS2. The lowest BCUT2D eigenvalue weighted by molar-refractivity contribution is -0.119. The summed E-state index contributed by atoms with van der Waals surface area (Å²) in [6.45, 7) is 2.05. The summed E-state index contributed by atoms with van der Waals surface area (Å²) >= 11 is 9.77. The first-order chi connectivity index (χ1) is 18.6. The van der Waals surface area contributed by atoms with Gasteiger partial charge in [-0.1, -0.05) is 65.8 Å². The molecular weight excluding hydrogens is 534 g/mol. The van der Waals surface area contributed by atoms with Crippen LogP contribution in [0.2, 0.25) is 5.02 Å². The number of benzene rings is 2. The number of thioether (sulfide) groups is 1. The van der Waals surface area contributed by atoms with Crippen molar-refractivity contribution < 1.29 is 4.79 Å². The van der Waals surface area contributed by atoms with Gasteiger partial charge in [0, 0.05) is 16.5 Å². The first-order valence-electron chi connectivity index (χ1n) is 13.0. The van der Waals surface area contributed by atoms with Crippen LogP contribution in [0.5, 0.6) is 0 Å². The van der Waals surface area contributed by atoms with E-state index in [1.807, 2.05) is 53.8 Å². The van der Waals surface area contributed by atoms with Gasteiger partial charge in [0.15, 0.2) is 16.6 Å². The summed E-state index contributed by atoms with van der Waals surface area (Å²) in [6, 6.07) is 18.1. The Balaban J connectivity index is 1.28. The van der Waals surface area contributed by atoms with E-state index in [1.165, 1.54) is 40.6 Å². The second kappa shape index (κ2) is 11.0. The van der Waals surface area contributed by atoms with E-state index < -0.39 is 0 Å². The zero-order valence-corrected chi connectivity index (χ0v) is 23.5. The fraction of sp³-hybridized carbons (Fsp3) is 0.310. The Hall–Kier alpha value is -2.94. The summed E-state index contributed by atoms with van der Waals surface area (Å²) in [5.74, 6) is 0.937. The van der Waals surface area contributed by atoms with Gasteiger partial charge in [-0.3, -0.25) is 9.20 Å². The van der Waals surface area contributed by atoms with Gasteiger partial charge in [-0.25, -0.2) is 4.98 Å². The highest BCUT2D eigenvalue weighted by Gasteiger charge is 2.25. The maximum Gasteiger partial charge on any atom is 0.230 e. The predicted molar refractivity (Wildman–Crippen MR) is 156 cm³/mol. The molecule has 0 saturated carbocycles. The van der Waals surface area contributed by atoms with Gasteiger partial charge >= 0.3 is 0 Å². The van der Waals surface area contributed by atoms with E-state index in [0.717, 1.165) is 47.1 Å². The lowest BCUT2D eigenvalue weighted by Gasteiger charge is -2.14. The highest BCUT2D eigenvalue weighted by Crippen LogP contribution is 2.40. The minimum atomic E-state index is -0.0199. The molecule has 38 heavy (non-hydrogen) atoms. The third kappa shape index (κ3) is 5.05. The topological polar surface area (TPSA) is 72.2 Å². The summed E-state index contributed by atoms with van der Waals surface area (Å²) in [5, 5.41) is 14.7. The third-order valence-corrected chi connectivity index (χ3v) is 9.44. The number of rotatable bonds is 8. The quantitative estimate of drug-likeness (QED) is 0.212. The summed E-state index contributed by atoms with van der Waals surface area (Å²) in [6.07, 6.45) is 6.32. The van der Waals surface area contributed by atoms with Crippen LogP contribution < -0.4 is 5.32 Å². The molecule has 0 bridgehead atoms. The molecule has 1 aliphatic carbocycles. The summed E-state index contributed by atoms with van der Waals surface area (Å²) in [4.78, 5) is 20.3. The maximum absolute atomic E-state index is 12.8. The van der Waals surface area contributed by atoms with E-state index in [2.05, 4.69) is 27.6 Å². The molecule has 1 aliphatic rings. The van der Waals surface area contributed by atoms with Gasteiger partial charge in [-0.05, 0) is 68.7 Å². The second-order valence-corrected chi connectivity index (χ2v) is 12.2. The van der Waals surface area contributed by atoms with Crippen LogP contribution in [-0.2, 0) is 24.1 Å². The first-order valence-corrected chi connectivity index (χ1v) is 15.2. The number of hydrogen-bond donors (Lipinski definition) is 1. The number of aromatic nitrogens is 4. The van der Waals surface area contributed by atoms with Crippen molar-refractivity contribution in [2.45, 2.75) is 56.6 Å². The van der Waals surface area contributed by atoms with E-state index in [9.17, 15) is 4.79 Å². The van der Waals surface area contributed by atoms with Crippen LogP contribution in [0.25, 0.3) is 27.3 Å². The zero-order valence-electron chi connectivity index (χ0n) is 21.1. The van der Waals surface area contributed by atoms with Crippen LogP contribution in [0.3, 0.4) is 0 Å². The number of nitrogens with one attached hydrogen (secondary N) is 1. The van der Waals surface area contributed by atoms with Crippen molar-refractivity contribution >= 4 is 56.5 Å². The minimum Gasteiger partial charge on any atom is -0.353 e. The van der Waals surface area contributed by atoms with Crippen molar-refractivity contribution in [1.29, 1.82) is 0 Å². The third-order valence-electron chi connectivity index (χ3n) is 6.99. The average molecular weight is 562 g/mol. The van der Waals surface area contributed by atoms with E-state index in [-0.39, 0.29) is 17.7 Å². The molecule has 1 unspecified atom stereocenters. The standard InChI is InChI=1S/C29H28ClN5OS2/c1-18(15-16-19-9-3-2-4-10-19)31-24(36)17-37-29-34-33-27-25-21-12-6-8-14-23(21)38-28(25)32-26(35(27)29)20-11-5-7-13-22(20)30/h2-5,7,9-11,13,18H,6,8,12,14-17H2,1H3,(H,31,36). The molecule has 6 nitrogen and oxygen atoms in total. The molecule has 0 spiro atoms. The van der Waals surface area contributed by atoms with Crippen molar-refractivity contribution in [3.63, 3.8) is 0 Å². The number of halogens is 1. The highest BCUT2D eigenvalue weighted by molar-refractivity contribution is 7.99. The zero-order chi connectivity index (χ0) is 26.1. The summed E-state index contributed by atoms with van der Waals surface area (Å²) < 4.78 is 1.99. The summed E-state index contributed by atoms with van der Waals surface area (Å²) in [7, 11) is 0. The van der Waals surface area contributed by atoms with E-state index >= 15 is 0 Å². The van der Waals surface area contributed by atoms with Crippen LogP contribution in [-0.4, -0.2) is 37.3 Å². The molecule has 3 heterocycles. The molecule has 194 valence electrons. The molecule has 3 aromatic heterocycles. The molecule has 0 radical (unpaired) electrons. The van der Waals surface area contributed by atoms with Crippen LogP contribution in [0, 0.1) is 0 Å². The molecule has 2 aromatic carbocycles. The van der Waals surface area contributed by atoms with Gasteiger partial charge in [0.05, 0.1) is 16.2 Å². The van der Waals surface area contributed by atoms with Crippen LogP contribution in [0.1, 0.15) is 42.2 Å². The average Bonchev–Trinajstić information content (AvgIpc) is 3.52. The molecule has 0 fully saturated rings. The Morgan fingerprint density at radius 2 is 1.89 bits per heavy atom. The molecule has 6 rings (SSSR count). The summed E-state index contributed by atoms with van der Waals surface area (Å²) in [5.41, 5.74) is 4.25. The van der Waals surface area contributed by atoms with Gasteiger partial charge in [0.25, 0.3) is 0 Å². The van der Waals surface area contributed by atoms with Crippen molar-refractivity contribution in [3.8, 4) is 11.4 Å². The number of aryl methyl sites for hydroxylation is 3. The molecule has 1 atom stereocenters. The Morgan fingerprint density at radius 3 is 2.74 bits per heavy atom. The van der Waals surface area contributed by atoms with Gasteiger partial charge in [0.2, 0.25) is 5.91 Å². The molecule has 5 aromatic rings. The monoisotopic (exact) mass is 561 g/mol. The fourth-order valence-electron chi connectivity index (χ4n) is 5.09. The number of nitrogens with zero attached hydrogens (tertiary/aromatic N) is 4. The largest absolute Gasteiger partial charge is 0.353 e. The van der Waals surface area contributed by atoms with Crippen molar-refractivity contribution in [1.82, 2.24) is 24.9 Å². The van der Waals surface area contributed by atoms with Crippen LogP contribution in [0.15, 0.2) is 59.8 Å². The predicted octanol–water partition coefficient (Wildman–Crippen LogP) is 6.77. The van der Waals surface area contributed by atoms with Crippen LogP contribution >= 0.6 is 34.7 Å². The molecule has 1 amide bonds. The number of hydrogen-bond acceptors (Lipinski definition) is 6. The Labute approximate surface area is 234 Å². The van der Waals surface area contributed by atoms with E-state index in [0.29, 0.717) is 16.0 Å². The van der Waals surface area contributed by atoms with Gasteiger partial charge < -0.3 is 5.32 Å². The number of carbonyl (C=O) groups is 1. The minimum absolute atomic E-state index is 0.0199. The second-order valence-electron chi connectivity index (χ2n) is 9.73.